The summed E-state index contributed by atoms with van der Waals surface area (Å²) in [5, 5.41) is 13.1. The standard InChI is InChI=1S/C14H18BrN3S2.HI/c1-10(11-3-4-19-8-11)6-17-14(16-2)18-7-13-5-12(15)9-20-13;/h3-5,8-10H,6-7H2,1-2H3,(H2,16,17,18);1H. The molecule has 1 atom stereocenters. The lowest BCUT2D eigenvalue weighted by atomic mass is 10.1. The Bertz CT molecular complexity index is 554. The summed E-state index contributed by atoms with van der Waals surface area (Å²) in [7, 11) is 1.80. The fourth-order valence-corrected chi connectivity index (χ4v) is 3.93. The molecule has 0 radical (unpaired) electrons. The van der Waals surface area contributed by atoms with Crippen molar-refractivity contribution in [1.29, 1.82) is 0 Å². The van der Waals surface area contributed by atoms with Gasteiger partial charge in [0.1, 0.15) is 0 Å². The lowest BCUT2D eigenvalue weighted by molar-refractivity contribution is 0.702. The van der Waals surface area contributed by atoms with E-state index in [1.807, 2.05) is 0 Å². The first-order chi connectivity index (χ1) is 9.69. The molecule has 0 fully saturated rings. The molecule has 7 heteroatoms. The van der Waals surface area contributed by atoms with Crippen LogP contribution in [0.15, 0.2) is 37.7 Å². The smallest absolute Gasteiger partial charge is 0.191 e. The second-order valence-electron chi connectivity index (χ2n) is 4.50. The zero-order valence-corrected chi connectivity index (χ0v) is 17.5. The molecule has 2 heterocycles. The fraction of sp³-hybridized carbons (Fsp3) is 0.357. The Kier molecular flexibility index (Phi) is 8.84. The van der Waals surface area contributed by atoms with E-state index in [1.165, 1.54) is 10.4 Å². The molecule has 2 rings (SSSR count). The second kappa shape index (κ2) is 9.81. The topological polar surface area (TPSA) is 36.4 Å². The molecule has 116 valence electrons. The van der Waals surface area contributed by atoms with Gasteiger partial charge in [-0.05, 0) is 50.3 Å². The molecule has 3 nitrogen and oxygen atoms in total. The van der Waals surface area contributed by atoms with Crippen LogP contribution >= 0.6 is 62.6 Å². The quantitative estimate of drug-likeness (QED) is 0.356. The fourth-order valence-electron chi connectivity index (χ4n) is 1.76. The Morgan fingerprint density at radius 2 is 2.19 bits per heavy atom. The van der Waals surface area contributed by atoms with Crippen molar-refractivity contribution in [1.82, 2.24) is 10.6 Å². The predicted octanol–water partition coefficient (Wildman–Crippen LogP) is 4.66. The molecule has 0 bridgehead atoms. The number of hydrogen-bond donors (Lipinski definition) is 2. The molecule has 21 heavy (non-hydrogen) atoms. The van der Waals surface area contributed by atoms with Crippen LogP contribution in [0.4, 0.5) is 0 Å². The Labute approximate surface area is 159 Å². The molecule has 0 amide bonds. The van der Waals surface area contributed by atoms with Crippen LogP contribution in [0.25, 0.3) is 0 Å². The summed E-state index contributed by atoms with van der Waals surface area (Å²) in [6.45, 7) is 3.89. The number of halogens is 2. The van der Waals surface area contributed by atoms with Crippen LogP contribution in [-0.4, -0.2) is 19.6 Å². The minimum Gasteiger partial charge on any atom is -0.356 e. The molecule has 0 saturated heterocycles. The number of hydrogen-bond acceptors (Lipinski definition) is 3. The average Bonchev–Trinajstić information content (AvgIpc) is 3.10. The van der Waals surface area contributed by atoms with Crippen LogP contribution < -0.4 is 10.6 Å². The Hall–Kier alpha value is -0.120. The highest BCUT2D eigenvalue weighted by Crippen LogP contribution is 2.19. The van der Waals surface area contributed by atoms with E-state index >= 15 is 0 Å². The van der Waals surface area contributed by atoms with Crippen LogP contribution in [-0.2, 0) is 6.54 Å². The van der Waals surface area contributed by atoms with Crippen LogP contribution in [0.1, 0.15) is 23.3 Å². The van der Waals surface area contributed by atoms with Gasteiger partial charge in [0.25, 0.3) is 0 Å². The first-order valence-corrected chi connectivity index (χ1v) is 9.00. The normalized spacial score (nSPS) is 12.6. The molecule has 0 spiro atoms. The molecular weight excluding hydrogens is 481 g/mol. The molecule has 2 aromatic rings. The number of guanidine groups is 1. The SMILES string of the molecule is CN=C(NCc1cc(Br)cs1)NCC(C)c1ccsc1.I. The summed E-state index contributed by atoms with van der Waals surface area (Å²) in [5.74, 6) is 1.33. The van der Waals surface area contributed by atoms with Crippen molar-refractivity contribution in [2.75, 3.05) is 13.6 Å². The number of thiophene rings is 2. The maximum absolute atomic E-state index is 4.25. The average molecular weight is 500 g/mol. The van der Waals surface area contributed by atoms with Gasteiger partial charge >= 0.3 is 0 Å². The van der Waals surface area contributed by atoms with Crippen LogP contribution in [0.5, 0.6) is 0 Å². The third-order valence-corrected chi connectivity index (χ3v) is 5.36. The highest BCUT2D eigenvalue weighted by molar-refractivity contribution is 14.0. The van der Waals surface area contributed by atoms with Crippen molar-refractivity contribution in [3.8, 4) is 0 Å². The summed E-state index contributed by atoms with van der Waals surface area (Å²) in [6.07, 6.45) is 0. The van der Waals surface area contributed by atoms with E-state index in [0.717, 1.165) is 23.5 Å². The highest BCUT2D eigenvalue weighted by atomic mass is 127. The zero-order chi connectivity index (χ0) is 14.4. The minimum atomic E-state index is 0. The van der Waals surface area contributed by atoms with Crippen molar-refractivity contribution >= 4 is 68.5 Å². The summed E-state index contributed by atoms with van der Waals surface area (Å²) in [4.78, 5) is 5.54. The lowest BCUT2D eigenvalue weighted by Gasteiger charge is -2.15. The van der Waals surface area contributed by atoms with Gasteiger partial charge in [-0.3, -0.25) is 4.99 Å². The van der Waals surface area contributed by atoms with Crippen molar-refractivity contribution in [3.05, 3.63) is 43.2 Å². The van der Waals surface area contributed by atoms with Crippen molar-refractivity contribution in [2.24, 2.45) is 4.99 Å². The molecule has 0 aliphatic rings. The number of aliphatic imine (C=N–C) groups is 1. The van der Waals surface area contributed by atoms with Crippen molar-refractivity contribution in [3.63, 3.8) is 0 Å². The molecule has 2 N–H and O–H groups in total. The summed E-state index contributed by atoms with van der Waals surface area (Å²) < 4.78 is 1.13. The van der Waals surface area contributed by atoms with Crippen LogP contribution in [0.3, 0.4) is 0 Å². The summed E-state index contributed by atoms with van der Waals surface area (Å²) in [5.41, 5.74) is 1.38. The maximum Gasteiger partial charge on any atom is 0.191 e. The van der Waals surface area contributed by atoms with Gasteiger partial charge in [0, 0.05) is 28.3 Å². The number of nitrogens with zero attached hydrogens (tertiary/aromatic N) is 1. The predicted molar refractivity (Wildman–Crippen MR) is 108 cm³/mol. The van der Waals surface area contributed by atoms with Gasteiger partial charge in [-0.1, -0.05) is 6.92 Å². The van der Waals surface area contributed by atoms with Gasteiger partial charge in [0.2, 0.25) is 0 Å². The van der Waals surface area contributed by atoms with Crippen LogP contribution in [0.2, 0.25) is 0 Å². The van der Waals surface area contributed by atoms with E-state index in [0.29, 0.717) is 5.92 Å². The van der Waals surface area contributed by atoms with E-state index in [9.17, 15) is 0 Å². The first kappa shape index (κ1) is 18.9. The molecule has 0 aromatic carbocycles. The number of nitrogens with one attached hydrogen (secondary N) is 2. The van der Waals surface area contributed by atoms with Gasteiger partial charge in [-0.2, -0.15) is 11.3 Å². The van der Waals surface area contributed by atoms with Crippen molar-refractivity contribution < 1.29 is 0 Å². The third kappa shape index (κ3) is 6.25. The molecule has 0 saturated carbocycles. The van der Waals surface area contributed by atoms with E-state index in [4.69, 9.17) is 0 Å². The third-order valence-electron chi connectivity index (χ3n) is 2.96. The highest BCUT2D eigenvalue weighted by Gasteiger charge is 2.07. The van der Waals surface area contributed by atoms with Gasteiger partial charge in [-0.15, -0.1) is 35.3 Å². The number of rotatable bonds is 5. The van der Waals surface area contributed by atoms with Crippen LogP contribution in [0, 0.1) is 0 Å². The van der Waals surface area contributed by atoms with E-state index in [2.05, 4.69) is 66.8 Å². The van der Waals surface area contributed by atoms with E-state index < -0.39 is 0 Å². The van der Waals surface area contributed by atoms with E-state index in [-0.39, 0.29) is 24.0 Å². The summed E-state index contributed by atoms with van der Waals surface area (Å²) in [6, 6.07) is 4.30. The monoisotopic (exact) mass is 499 g/mol. The lowest BCUT2D eigenvalue weighted by Crippen LogP contribution is -2.38. The minimum absolute atomic E-state index is 0. The Balaban J connectivity index is 0.00000220. The molecule has 2 aromatic heterocycles. The second-order valence-corrected chi connectivity index (χ2v) is 7.19. The molecular formula is C14H19BrIN3S2. The summed E-state index contributed by atoms with van der Waals surface area (Å²) >= 11 is 6.94. The molecule has 1 unspecified atom stereocenters. The molecule has 0 aliphatic heterocycles. The Morgan fingerprint density at radius 3 is 2.76 bits per heavy atom. The van der Waals surface area contributed by atoms with Gasteiger partial charge < -0.3 is 10.6 Å². The van der Waals surface area contributed by atoms with Crippen molar-refractivity contribution in [2.45, 2.75) is 19.4 Å². The first-order valence-electron chi connectivity index (χ1n) is 6.38. The van der Waals surface area contributed by atoms with Gasteiger partial charge in [0.15, 0.2) is 5.96 Å². The maximum atomic E-state index is 4.25. The molecule has 0 aliphatic carbocycles. The zero-order valence-electron chi connectivity index (χ0n) is 11.9. The van der Waals surface area contributed by atoms with Gasteiger partial charge in [0.05, 0.1) is 6.54 Å². The van der Waals surface area contributed by atoms with E-state index in [1.54, 1.807) is 29.7 Å². The largest absolute Gasteiger partial charge is 0.356 e. The Morgan fingerprint density at radius 1 is 1.38 bits per heavy atom. The van der Waals surface area contributed by atoms with Gasteiger partial charge in [-0.25, -0.2) is 0 Å².